The number of methoxy groups -OCH3 is 1. The number of unbranched alkanes of at least 4 members (excludes halogenated alkanes) is 2. The number of hydrogen-bond donors (Lipinski definition) is 2. The first-order valence-corrected chi connectivity index (χ1v) is 11.4. The molecule has 0 aliphatic rings. The van der Waals surface area contributed by atoms with Crippen LogP contribution < -0.4 is 20.2 Å². The monoisotopic (exact) mass is 453 g/mol. The Morgan fingerprint density at radius 2 is 1.82 bits per heavy atom. The van der Waals surface area contributed by atoms with Crippen molar-refractivity contribution >= 4 is 18.0 Å². The highest BCUT2D eigenvalue weighted by Gasteiger charge is 2.24. The van der Waals surface area contributed by atoms with Crippen molar-refractivity contribution in [3.05, 3.63) is 59.2 Å². The maximum atomic E-state index is 12.8. The molecule has 2 N–H and O–H groups in total. The molecule has 1 unspecified atom stereocenters. The second-order valence-electron chi connectivity index (χ2n) is 8.23. The molecule has 0 spiro atoms. The van der Waals surface area contributed by atoms with Gasteiger partial charge in [-0.1, -0.05) is 57.4 Å². The van der Waals surface area contributed by atoms with Crippen molar-refractivity contribution in [3.8, 4) is 11.5 Å². The van der Waals surface area contributed by atoms with Crippen LogP contribution in [0.2, 0.25) is 0 Å². The van der Waals surface area contributed by atoms with E-state index in [4.69, 9.17) is 9.47 Å². The molecule has 2 amide bonds. The van der Waals surface area contributed by atoms with E-state index in [1.165, 1.54) is 6.21 Å². The second-order valence-corrected chi connectivity index (χ2v) is 8.23. The smallest absolute Gasteiger partial charge is 0.262 e. The van der Waals surface area contributed by atoms with Crippen LogP contribution in [0, 0.1) is 12.8 Å². The van der Waals surface area contributed by atoms with Crippen LogP contribution in [0.1, 0.15) is 61.5 Å². The number of carbonyl (C=O) groups excluding carboxylic acids is 2. The molecule has 0 aromatic heterocycles. The Labute approximate surface area is 196 Å². The zero-order valence-corrected chi connectivity index (χ0v) is 20.2. The summed E-state index contributed by atoms with van der Waals surface area (Å²) in [5.74, 6) is 0.372. The third kappa shape index (κ3) is 7.93. The van der Waals surface area contributed by atoms with E-state index in [0.717, 1.165) is 24.8 Å². The highest BCUT2D eigenvalue weighted by molar-refractivity contribution is 5.97. The number of nitrogens with one attached hydrogen (secondary N) is 2. The van der Waals surface area contributed by atoms with Crippen LogP contribution in [-0.2, 0) is 4.79 Å². The first-order chi connectivity index (χ1) is 15.9. The van der Waals surface area contributed by atoms with Gasteiger partial charge in [-0.15, -0.1) is 0 Å². The van der Waals surface area contributed by atoms with E-state index in [1.54, 1.807) is 19.2 Å². The molecule has 2 rings (SSSR count). The summed E-state index contributed by atoms with van der Waals surface area (Å²) in [5.41, 5.74) is 4.79. The van der Waals surface area contributed by atoms with Gasteiger partial charge in [0.2, 0.25) is 0 Å². The van der Waals surface area contributed by atoms with Crippen molar-refractivity contribution in [3.63, 3.8) is 0 Å². The number of benzene rings is 2. The lowest BCUT2D eigenvalue weighted by Crippen LogP contribution is -2.48. The van der Waals surface area contributed by atoms with E-state index in [9.17, 15) is 9.59 Å². The fourth-order valence-corrected chi connectivity index (χ4v) is 3.18. The van der Waals surface area contributed by atoms with Crippen molar-refractivity contribution in [1.29, 1.82) is 0 Å². The zero-order chi connectivity index (χ0) is 24.2. The fraction of sp³-hybridized carbons (Fsp3) is 0.423. The Morgan fingerprint density at radius 3 is 2.45 bits per heavy atom. The number of rotatable bonds is 12. The van der Waals surface area contributed by atoms with Gasteiger partial charge in [-0.2, -0.15) is 5.10 Å². The van der Waals surface area contributed by atoms with Crippen LogP contribution in [-0.4, -0.2) is 37.8 Å². The molecule has 1 atom stereocenters. The topological polar surface area (TPSA) is 89.0 Å². The van der Waals surface area contributed by atoms with Gasteiger partial charge in [0.15, 0.2) is 11.5 Å². The Morgan fingerprint density at radius 1 is 1.09 bits per heavy atom. The summed E-state index contributed by atoms with van der Waals surface area (Å²) in [6.07, 6.45) is 4.65. The number of ether oxygens (including phenoxy) is 2. The number of nitrogens with zero attached hydrogens (tertiary/aromatic N) is 1. The quantitative estimate of drug-likeness (QED) is 0.282. The first-order valence-electron chi connectivity index (χ1n) is 11.4. The molecule has 2 aromatic rings. The zero-order valence-electron chi connectivity index (χ0n) is 20.2. The molecule has 0 bridgehead atoms. The molecule has 0 saturated heterocycles. The minimum atomic E-state index is -0.731. The molecule has 7 nitrogen and oxygen atoms in total. The molecule has 0 radical (unpaired) electrons. The van der Waals surface area contributed by atoms with Crippen LogP contribution in [0.15, 0.2) is 47.6 Å². The normalized spacial score (nSPS) is 11.9. The number of hydrogen-bond acceptors (Lipinski definition) is 5. The van der Waals surface area contributed by atoms with Crippen molar-refractivity contribution in [2.75, 3.05) is 13.7 Å². The van der Waals surface area contributed by atoms with Gasteiger partial charge in [0.05, 0.1) is 19.9 Å². The maximum absolute atomic E-state index is 12.8. The fourth-order valence-electron chi connectivity index (χ4n) is 3.18. The van der Waals surface area contributed by atoms with Crippen LogP contribution >= 0.6 is 0 Å². The molecule has 7 heteroatoms. The molecule has 178 valence electrons. The number of aryl methyl sites for hydroxylation is 1. The van der Waals surface area contributed by atoms with E-state index < -0.39 is 11.9 Å². The largest absolute Gasteiger partial charge is 0.493 e. The minimum absolute atomic E-state index is 0.121. The number of para-hydroxylation sites is 1. The van der Waals surface area contributed by atoms with Crippen molar-refractivity contribution in [1.82, 2.24) is 10.7 Å². The van der Waals surface area contributed by atoms with E-state index >= 15 is 0 Å². The number of carbonyl (C=O) groups is 2. The average molecular weight is 454 g/mol. The highest BCUT2D eigenvalue weighted by Crippen LogP contribution is 2.30. The molecule has 0 aliphatic heterocycles. The van der Waals surface area contributed by atoms with Crippen LogP contribution in [0.25, 0.3) is 0 Å². The van der Waals surface area contributed by atoms with Gasteiger partial charge in [-0.05, 0) is 43.5 Å². The summed E-state index contributed by atoms with van der Waals surface area (Å²) in [6.45, 7) is 8.40. The summed E-state index contributed by atoms with van der Waals surface area (Å²) in [6, 6.07) is 12.0. The summed E-state index contributed by atoms with van der Waals surface area (Å²) in [4.78, 5) is 25.3. The van der Waals surface area contributed by atoms with Gasteiger partial charge in [-0.3, -0.25) is 9.59 Å². The number of hydrazone groups is 1. The summed E-state index contributed by atoms with van der Waals surface area (Å²) in [7, 11) is 1.58. The molecular weight excluding hydrogens is 418 g/mol. The standard InChI is InChI=1S/C26H35N3O4/c1-6-7-8-16-33-24-21(10-9-11-22(24)32-5)17-27-29-26(31)23(18(2)3)28-25(30)20-14-12-19(4)13-15-20/h9-15,17-18,23H,6-8,16H2,1-5H3,(H,28,30)(H,29,31). The molecule has 0 saturated carbocycles. The third-order valence-electron chi connectivity index (χ3n) is 5.15. The van der Waals surface area contributed by atoms with Gasteiger partial charge in [0, 0.05) is 11.1 Å². The average Bonchev–Trinajstić information content (AvgIpc) is 2.80. The maximum Gasteiger partial charge on any atom is 0.262 e. The summed E-state index contributed by atoms with van der Waals surface area (Å²) in [5, 5.41) is 6.91. The van der Waals surface area contributed by atoms with Gasteiger partial charge in [0.1, 0.15) is 6.04 Å². The molecule has 33 heavy (non-hydrogen) atoms. The Bertz CT molecular complexity index is 939. The van der Waals surface area contributed by atoms with Crippen molar-refractivity contribution in [2.24, 2.45) is 11.0 Å². The Kier molecular flexibility index (Phi) is 10.4. The highest BCUT2D eigenvalue weighted by atomic mass is 16.5. The van der Waals surface area contributed by atoms with Crippen LogP contribution in [0.5, 0.6) is 11.5 Å². The lowest BCUT2D eigenvalue weighted by Gasteiger charge is -2.20. The van der Waals surface area contributed by atoms with Gasteiger partial charge in [-0.25, -0.2) is 5.43 Å². The van der Waals surface area contributed by atoms with E-state index in [1.807, 2.05) is 51.1 Å². The van der Waals surface area contributed by atoms with E-state index in [0.29, 0.717) is 29.2 Å². The van der Waals surface area contributed by atoms with E-state index in [2.05, 4.69) is 22.8 Å². The SMILES string of the molecule is CCCCCOc1c(C=NNC(=O)C(NC(=O)c2ccc(C)cc2)C(C)C)cccc1OC. The lowest BCUT2D eigenvalue weighted by atomic mass is 10.0. The molecule has 0 fully saturated rings. The van der Waals surface area contributed by atoms with E-state index in [-0.39, 0.29) is 11.8 Å². The van der Waals surface area contributed by atoms with Gasteiger partial charge >= 0.3 is 0 Å². The van der Waals surface area contributed by atoms with Gasteiger partial charge in [0.25, 0.3) is 11.8 Å². The van der Waals surface area contributed by atoms with Crippen LogP contribution in [0.4, 0.5) is 0 Å². The summed E-state index contributed by atoms with van der Waals surface area (Å²) >= 11 is 0. The van der Waals surface area contributed by atoms with Crippen molar-refractivity contribution in [2.45, 2.75) is 53.0 Å². The molecular formula is C26H35N3O4. The second kappa shape index (κ2) is 13.3. The summed E-state index contributed by atoms with van der Waals surface area (Å²) < 4.78 is 11.3. The van der Waals surface area contributed by atoms with Crippen LogP contribution in [0.3, 0.4) is 0 Å². The molecule has 0 heterocycles. The number of amides is 2. The Balaban J connectivity index is 2.06. The lowest BCUT2D eigenvalue weighted by molar-refractivity contribution is -0.123. The molecule has 2 aromatic carbocycles. The first kappa shape index (κ1) is 25.9. The molecule has 0 aliphatic carbocycles. The van der Waals surface area contributed by atoms with Crippen molar-refractivity contribution < 1.29 is 19.1 Å². The predicted octanol–water partition coefficient (Wildman–Crippen LogP) is 4.48. The minimum Gasteiger partial charge on any atom is -0.493 e. The van der Waals surface area contributed by atoms with Gasteiger partial charge < -0.3 is 14.8 Å². The predicted molar refractivity (Wildman–Crippen MR) is 131 cm³/mol. The Hall–Kier alpha value is -3.35. The third-order valence-corrected chi connectivity index (χ3v) is 5.15.